The zero-order valence-electron chi connectivity index (χ0n) is 14.1. The summed E-state index contributed by atoms with van der Waals surface area (Å²) in [5, 5.41) is 2.52. The van der Waals surface area contributed by atoms with Crippen LogP contribution >= 0.6 is 0 Å². The number of amides is 1. The Bertz CT molecular complexity index is 1010. The van der Waals surface area contributed by atoms with Crippen LogP contribution in [0.15, 0.2) is 83.8 Å². The van der Waals surface area contributed by atoms with Gasteiger partial charge in [-0.3, -0.25) is 9.52 Å². The largest absolute Gasteiger partial charge is 0.355 e. The lowest BCUT2D eigenvalue weighted by Crippen LogP contribution is -2.18. The van der Waals surface area contributed by atoms with E-state index in [9.17, 15) is 13.2 Å². The number of anilines is 1. The Morgan fingerprint density at radius 2 is 1.42 bits per heavy atom. The third-order valence-electron chi connectivity index (χ3n) is 3.89. The molecule has 6 heteroatoms. The van der Waals surface area contributed by atoms with E-state index in [1.54, 1.807) is 55.6 Å². The molecular formula is C20H18N2O3S. The van der Waals surface area contributed by atoms with Gasteiger partial charge >= 0.3 is 0 Å². The van der Waals surface area contributed by atoms with Crippen molar-refractivity contribution in [3.8, 4) is 11.1 Å². The van der Waals surface area contributed by atoms with E-state index >= 15 is 0 Å². The zero-order valence-corrected chi connectivity index (χ0v) is 15.0. The van der Waals surface area contributed by atoms with E-state index in [4.69, 9.17) is 0 Å². The van der Waals surface area contributed by atoms with Gasteiger partial charge in [0.2, 0.25) is 0 Å². The van der Waals surface area contributed by atoms with E-state index in [1.807, 2.05) is 30.3 Å². The summed E-state index contributed by atoms with van der Waals surface area (Å²) >= 11 is 0. The first kappa shape index (κ1) is 17.7. The van der Waals surface area contributed by atoms with Crippen LogP contribution in [-0.4, -0.2) is 21.4 Å². The summed E-state index contributed by atoms with van der Waals surface area (Å²) in [7, 11) is -2.24. The highest BCUT2D eigenvalue weighted by molar-refractivity contribution is 7.92. The van der Waals surface area contributed by atoms with E-state index in [-0.39, 0.29) is 10.8 Å². The van der Waals surface area contributed by atoms with Crippen molar-refractivity contribution in [3.05, 3.63) is 84.4 Å². The lowest BCUT2D eigenvalue weighted by atomic mass is 10.1. The standard InChI is InChI=1S/C20H18N2O3S/c1-21-20(23)16-11-13-17(14-12-16)22-26(24,25)19-10-6-5-9-18(19)15-7-3-2-4-8-15/h2-14,22H,1H3,(H,21,23). The van der Waals surface area contributed by atoms with Crippen molar-refractivity contribution >= 4 is 21.6 Å². The van der Waals surface area contributed by atoms with Gasteiger partial charge in [0.25, 0.3) is 15.9 Å². The Hall–Kier alpha value is -3.12. The van der Waals surface area contributed by atoms with Gasteiger partial charge in [0.1, 0.15) is 0 Å². The fourth-order valence-corrected chi connectivity index (χ4v) is 3.89. The van der Waals surface area contributed by atoms with Crippen LogP contribution in [0.2, 0.25) is 0 Å². The summed E-state index contributed by atoms with van der Waals surface area (Å²) in [4.78, 5) is 11.8. The van der Waals surface area contributed by atoms with E-state index in [0.29, 0.717) is 16.8 Å². The molecule has 0 spiro atoms. The van der Waals surface area contributed by atoms with Crippen LogP contribution in [0.4, 0.5) is 5.69 Å². The lowest BCUT2D eigenvalue weighted by Gasteiger charge is -2.13. The maximum atomic E-state index is 12.9. The van der Waals surface area contributed by atoms with Gasteiger partial charge in [-0.2, -0.15) is 0 Å². The van der Waals surface area contributed by atoms with Crippen LogP contribution < -0.4 is 10.0 Å². The molecule has 26 heavy (non-hydrogen) atoms. The highest BCUT2D eigenvalue weighted by Gasteiger charge is 2.19. The number of carbonyl (C=O) groups is 1. The highest BCUT2D eigenvalue weighted by Crippen LogP contribution is 2.28. The molecule has 3 aromatic rings. The summed E-state index contributed by atoms with van der Waals surface area (Å²) < 4.78 is 28.3. The van der Waals surface area contributed by atoms with Gasteiger partial charge in [0, 0.05) is 23.9 Å². The predicted molar refractivity (Wildman–Crippen MR) is 103 cm³/mol. The Kier molecular flexibility index (Phi) is 5.04. The Balaban J connectivity index is 1.93. The number of sulfonamides is 1. The van der Waals surface area contributed by atoms with Gasteiger partial charge < -0.3 is 5.32 Å². The molecule has 0 unspecified atom stereocenters. The minimum Gasteiger partial charge on any atom is -0.355 e. The molecule has 0 aliphatic carbocycles. The molecule has 0 fully saturated rings. The fraction of sp³-hybridized carbons (Fsp3) is 0.0500. The van der Waals surface area contributed by atoms with E-state index < -0.39 is 10.0 Å². The Morgan fingerprint density at radius 3 is 2.08 bits per heavy atom. The van der Waals surface area contributed by atoms with Gasteiger partial charge in [-0.1, -0.05) is 48.5 Å². The molecule has 0 saturated carbocycles. The van der Waals surface area contributed by atoms with Gasteiger partial charge in [-0.25, -0.2) is 8.42 Å². The Labute approximate surface area is 152 Å². The van der Waals surface area contributed by atoms with E-state index in [1.165, 1.54) is 0 Å². The fourth-order valence-electron chi connectivity index (χ4n) is 2.60. The van der Waals surface area contributed by atoms with Crippen molar-refractivity contribution in [3.63, 3.8) is 0 Å². The Morgan fingerprint density at radius 1 is 0.808 bits per heavy atom. The second kappa shape index (κ2) is 7.41. The van der Waals surface area contributed by atoms with Gasteiger partial charge in [0.15, 0.2) is 0 Å². The molecule has 3 rings (SSSR count). The summed E-state index contributed by atoms with van der Waals surface area (Å²) in [6.45, 7) is 0. The van der Waals surface area contributed by atoms with Crippen LogP contribution in [0.3, 0.4) is 0 Å². The van der Waals surface area contributed by atoms with Gasteiger partial charge in [-0.05, 0) is 35.9 Å². The average Bonchev–Trinajstić information content (AvgIpc) is 2.68. The second-order valence-electron chi connectivity index (χ2n) is 5.62. The third kappa shape index (κ3) is 3.75. The first-order valence-corrected chi connectivity index (χ1v) is 9.49. The van der Waals surface area contributed by atoms with E-state index in [2.05, 4.69) is 10.0 Å². The molecule has 132 valence electrons. The monoisotopic (exact) mass is 366 g/mol. The van der Waals surface area contributed by atoms with Crippen molar-refractivity contribution in [2.45, 2.75) is 4.90 Å². The lowest BCUT2D eigenvalue weighted by molar-refractivity contribution is 0.0963. The van der Waals surface area contributed by atoms with E-state index in [0.717, 1.165) is 5.56 Å². The molecule has 3 aromatic carbocycles. The van der Waals surface area contributed by atoms with Crippen LogP contribution in [0, 0.1) is 0 Å². The molecule has 0 atom stereocenters. The van der Waals surface area contributed by atoms with Gasteiger partial charge in [0.05, 0.1) is 4.90 Å². The van der Waals surface area contributed by atoms with Crippen molar-refractivity contribution in [1.29, 1.82) is 0 Å². The molecule has 0 aromatic heterocycles. The molecule has 0 bridgehead atoms. The molecular weight excluding hydrogens is 348 g/mol. The first-order valence-electron chi connectivity index (χ1n) is 8.01. The van der Waals surface area contributed by atoms with Crippen molar-refractivity contribution in [1.82, 2.24) is 5.32 Å². The average molecular weight is 366 g/mol. The molecule has 1 amide bonds. The molecule has 0 heterocycles. The third-order valence-corrected chi connectivity index (χ3v) is 5.33. The summed E-state index contributed by atoms with van der Waals surface area (Å²) in [6, 6.07) is 22.5. The number of hydrogen-bond acceptors (Lipinski definition) is 3. The van der Waals surface area contributed by atoms with Crippen molar-refractivity contribution < 1.29 is 13.2 Å². The molecule has 0 radical (unpaired) electrons. The number of rotatable bonds is 5. The van der Waals surface area contributed by atoms with Crippen molar-refractivity contribution in [2.75, 3.05) is 11.8 Å². The summed E-state index contributed by atoms with van der Waals surface area (Å²) in [5.41, 5.74) is 2.30. The van der Waals surface area contributed by atoms with Crippen LogP contribution in [0.1, 0.15) is 10.4 Å². The highest BCUT2D eigenvalue weighted by atomic mass is 32.2. The predicted octanol–water partition coefficient (Wildman–Crippen LogP) is 3.51. The maximum absolute atomic E-state index is 12.9. The van der Waals surface area contributed by atoms with Crippen LogP contribution in [-0.2, 0) is 10.0 Å². The van der Waals surface area contributed by atoms with Gasteiger partial charge in [-0.15, -0.1) is 0 Å². The molecule has 0 aliphatic rings. The first-order chi connectivity index (χ1) is 12.5. The number of hydrogen-bond donors (Lipinski definition) is 2. The number of nitrogens with one attached hydrogen (secondary N) is 2. The number of carbonyl (C=O) groups excluding carboxylic acids is 1. The topological polar surface area (TPSA) is 75.3 Å². The number of benzene rings is 3. The molecule has 2 N–H and O–H groups in total. The minimum atomic E-state index is -3.78. The van der Waals surface area contributed by atoms with Crippen LogP contribution in [0.25, 0.3) is 11.1 Å². The van der Waals surface area contributed by atoms with Crippen LogP contribution in [0.5, 0.6) is 0 Å². The molecule has 5 nitrogen and oxygen atoms in total. The minimum absolute atomic E-state index is 0.196. The van der Waals surface area contributed by atoms with Crippen molar-refractivity contribution in [2.24, 2.45) is 0 Å². The smallest absolute Gasteiger partial charge is 0.262 e. The quantitative estimate of drug-likeness (QED) is 0.725. The molecule has 0 saturated heterocycles. The second-order valence-corrected chi connectivity index (χ2v) is 7.27. The summed E-state index contributed by atoms with van der Waals surface area (Å²) in [6.07, 6.45) is 0. The SMILES string of the molecule is CNC(=O)c1ccc(NS(=O)(=O)c2ccccc2-c2ccccc2)cc1. The molecule has 0 aliphatic heterocycles. The normalized spacial score (nSPS) is 11.0. The maximum Gasteiger partial charge on any atom is 0.262 e. The summed E-state index contributed by atoms with van der Waals surface area (Å²) in [5.74, 6) is -0.228. The zero-order chi connectivity index (χ0) is 18.6.